The van der Waals surface area contributed by atoms with E-state index in [9.17, 15) is 28.3 Å². The standard InChI is InChI=1S/C15H13F3N2O3/c16-15(17,18)12-4-2-1-3-11(12)13(21)9-19-14(22)10-5-7-20(23)8-6-10/h1-8,13,21H,9H2,(H,19,22). The molecule has 1 amide bonds. The van der Waals surface area contributed by atoms with Crippen molar-refractivity contribution in [2.75, 3.05) is 6.54 Å². The summed E-state index contributed by atoms with van der Waals surface area (Å²) in [5, 5.41) is 23.1. The molecule has 2 aromatic rings. The number of aliphatic hydroxyl groups excluding tert-OH is 1. The molecular weight excluding hydrogens is 313 g/mol. The Hall–Kier alpha value is -2.61. The van der Waals surface area contributed by atoms with Crippen LogP contribution in [-0.2, 0) is 6.18 Å². The highest BCUT2D eigenvalue weighted by molar-refractivity contribution is 5.93. The van der Waals surface area contributed by atoms with Gasteiger partial charge in [-0.3, -0.25) is 4.79 Å². The number of nitrogens with one attached hydrogen (secondary N) is 1. The Balaban J connectivity index is 2.07. The zero-order valence-electron chi connectivity index (χ0n) is 11.7. The number of aromatic nitrogens is 1. The lowest BCUT2D eigenvalue weighted by atomic mass is 10.0. The number of halogens is 3. The highest BCUT2D eigenvalue weighted by atomic mass is 19.4. The van der Waals surface area contributed by atoms with Crippen LogP contribution in [0.1, 0.15) is 27.6 Å². The fourth-order valence-corrected chi connectivity index (χ4v) is 2.01. The number of pyridine rings is 1. The summed E-state index contributed by atoms with van der Waals surface area (Å²) in [7, 11) is 0. The topological polar surface area (TPSA) is 76.3 Å². The molecule has 0 saturated heterocycles. The van der Waals surface area contributed by atoms with Crippen LogP contribution in [0.15, 0.2) is 48.8 Å². The Kier molecular flexibility index (Phi) is 4.85. The molecule has 8 heteroatoms. The van der Waals surface area contributed by atoms with Gasteiger partial charge in [0, 0.05) is 18.7 Å². The van der Waals surface area contributed by atoms with Crippen LogP contribution in [0.4, 0.5) is 13.2 Å². The molecule has 5 nitrogen and oxygen atoms in total. The van der Waals surface area contributed by atoms with Gasteiger partial charge in [-0.2, -0.15) is 17.9 Å². The first-order valence-corrected chi connectivity index (χ1v) is 6.60. The molecule has 0 bridgehead atoms. The molecule has 2 rings (SSSR count). The van der Waals surface area contributed by atoms with Gasteiger partial charge in [-0.1, -0.05) is 18.2 Å². The number of hydrogen-bond acceptors (Lipinski definition) is 3. The molecule has 0 radical (unpaired) electrons. The van der Waals surface area contributed by atoms with E-state index in [1.54, 1.807) is 0 Å². The Morgan fingerprint density at radius 3 is 2.43 bits per heavy atom. The monoisotopic (exact) mass is 326 g/mol. The molecular formula is C15H13F3N2O3. The average Bonchev–Trinajstić information content (AvgIpc) is 2.52. The number of nitrogens with zero attached hydrogens (tertiary/aromatic N) is 1. The van der Waals surface area contributed by atoms with E-state index in [2.05, 4.69) is 5.32 Å². The molecule has 1 aromatic carbocycles. The highest BCUT2D eigenvalue weighted by Gasteiger charge is 2.34. The van der Waals surface area contributed by atoms with Crippen molar-refractivity contribution in [2.45, 2.75) is 12.3 Å². The third-order valence-electron chi connectivity index (χ3n) is 3.15. The molecule has 0 aliphatic heterocycles. The molecule has 1 unspecified atom stereocenters. The van der Waals surface area contributed by atoms with Crippen molar-refractivity contribution < 1.29 is 27.8 Å². The van der Waals surface area contributed by atoms with Crippen LogP contribution in [0.25, 0.3) is 0 Å². The van der Waals surface area contributed by atoms with Crippen LogP contribution in [0, 0.1) is 5.21 Å². The van der Waals surface area contributed by atoms with Gasteiger partial charge < -0.3 is 15.6 Å². The molecule has 0 spiro atoms. The van der Waals surface area contributed by atoms with Gasteiger partial charge in [0.2, 0.25) is 0 Å². The van der Waals surface area contributed by atoms with E-state index in [-0.39, 0.29) is 11.1 Å². The summed E-state index contributed by atoms with van der Waals surface area (Å²) >= 11 is 0. The van der Waals surface area contributed by atoms with Gasteiger partial charge >= 0.3 is 6.18 Å². The highest BCUT2D eigenvalue weighted by Crippen LogP contribution is 2.34. The Morgan fingerprint density at radius 1 is 1.22 bits per heavy atom. The van der Waals surface area contributed by atoms with Crippen molar-refractivity contribution in [3.8, 4) is 0 Å². The molecule has 122 valence electrons. The first kappa shape index (κ1) is 16.8. The Bertz CT molecular complexity index is 687. The maximum atomic E-state index is 12.9. The number of rotatable bonds is 4. The van der Waals surface area contributed by atoms with E-state index in [0.29, 0.717) is 4.73 Å². The van der Waals surface area contributed by atoms with Gasteiger partial charge in [0.1, 0.15) is 0 Å². The number of alkyl halides is 3. The summed E-state index contributed by atoms with van der Waals surface area (Å²) in [5.41, 5.74) is -1.10. The van der Waals surface area contributed by atoms with E-state index >= 15 is 0 Å². The van der Waals surface area contributed by atoms with Crippen LogP contribution < -0.4 is 10.0 Å². The second kappa shape index (κ2) is 6.66. The van der Waals surface area contributed by atoms with Gasteiger partial charge in [0.05, 0.1) is 17.2 Å². The zero-order chi connectivity index (χ0) is 17.0. The summed E-state index contributed by atoms with van der Waals surface area (Å²) in [6.45, 7) is -0.391. The quantitative estimate of drug-likeness (QED) is 0.664. The molecule has 1 aromatic heterocycles. The minimum atomic E-state index is -4.59. The van der Waals surface area contributed by atoms with Crippen LogP contribution in [-0.4, -0.2) is 17.6 Å². The van der Waals surface area contributed by atoms with Gasteiger partial charge in [-0.25, -0.2) is 0 Å². The SMILES string of the molecule is O=C(NCC(O)c1ccccc1C(F)(F)F)c1cc[n+]([O-])cc1. The van der Waals surface area contributed by atoms with E-state index in [0.717, 1.165) is 24.5 Å². The van der Waals surface area contributed by atoms with Crippen LogP contribution in [0.3, 0.4) is 0 Å². The number of carbonyl (C=O) groups excluding carboxylic acids is 1. The van der Waals surface area contributed by atoms with E-state index in [1.165, 1.54) is 24.3 Å². The van der Waals surface area contributed by atoms with Crippen molar-refractivity contribution in [1.29, 1.82) is 0 Å². The van der Waals surface area contributed by atoms with Crippen LogP contribution >= 0.6 is 0 Å². The fourth-order valence-electron chi connectivity index (χ4n) is 2.01. The predicted octanol–water partition coefficient (Wildman–Crippen LogP) is 1.80. The van der Waals surface area contributed by atoms with Crippen LogP contribution in [0.2, 0.25) is 0 Å². The van der Waals surface area contributed by atoms with Gasteiger partial charge in [0.15, 0.2) is 12.4 Å². The van der Waals surface area contributed by atoms with Gasteiger partial charge in [-0.15, -0.1) is 0 Å². The molecule has 2 N–H and O–H groups in total. The summed E-state index contributed by atoms with van der Waals surface area (Å²) < 4.78 is 39.1. The van der Waals surface area contributed by atoms with Crippen molar-refractivity contribution in [3.05, 3.63) is 70.7 Å². The van der Waals surface area contributed by atoms with Crippen molar-refractivity contribution >= 4 is 5.91 Å². The van der Waals surface area contributed by atoms with Gasteiger partial charge in [0.25, 0.3) is 5.91 Å². The number of carbonyl (C=O) groups is 1. The van der Waals surface area contributed by atoms with Gasteiger partial charge in [-0.05, 0) is 11.6 Å². The third-order valence-corrected chi connectivity index (χ3v) is 3.15. The third kappa shape index (κ3) is 4.19. The van der Waals surface area contributed by atoms with Crippen molar-refractivity contribution in [3.63, 3.8) is 0 Å². The summed E-state index contributed by atoms with van der Waals surface area (Å²) in [5.74, 6) is -0.603. The lowest BCUT2D eigenvalue weighted by Crippen LogP contribution is -2.31. The maximum absolute atomic E-state index is 12.9. The largest absolute Gasteiger partial charge is 0.619 e. The number of aliphatic hydroxyl groups is 1. The smallest absolute Gasteiger partial charge is 0.416 e. The van der Waals surface area contributed by atoms with E-state index in [1.807, 2.05) is 0 Å². The number of hydrogen-bond donors (Lipinski definition) is 2. The second-order valence-electron chi connectivity index (χ2n) is 4.76. The Labute approximate surface area is 129 Å². The lowest BCUT2D eigenvalue weighted by Gasteiger charge is -2.17. The fraction of sp³-hybridized carbons (Fsp3) is 0.200. The minimum Gasteiger partial charge on any atom is -0.619 e. The number of benzene rings is 1. The summed E-state index contributed by atoms with van der Waals surface area (Å²) in [4.78, 5) is 11.8. The zero-order valence-corrected chi connectivity index (χ0v) is 11.7. The normalized spacial score (nSPS) is 12.7. The molecule has 0 aliphatic carbocycles. The predicted molar refractivity (Wildman–Crippen MR) is 74.1 cm³/mol. The molecule has 0 fully saturated rings. The lowest BCUT2D eigenvalue weighted by molar-refractivity contribution is -0.605. The second-order valence-corrected chi connectivity index (χ2v) is 4.76. The first-order chi connectivity index (χ1) is 10.8. The summed E-state index contributed by atoms with van der Waals surface area (Å²) in [6, 6.07) is 7.14. The van der Waals surface area contributed by atoms with E-state index in [4.69, 9.17) is 0 Å². The van der Waals surface area contributed by atoms with Crippen molar-refractivity contribution in [1.82, 2.24) is 5.32 Å². The van der Waals surface area contributed by atoms with Crippen LogP contribution in [0.5, 0.6) is 0 Å². The molecule has 23 heavy (non-hydrogen) atoms. The minimum absolute atomic E-state index is 0.161. The Morgan fingerprint density at radius 2 is 1.83 bits per heavy atom. The molecule has 0 saturated carbocycles. The number of amides is 1. The summed E-state index contributed by atoms with van der Waals surface area (Å²) in [6.07, 6.45) is -3.87. The van der Waals surface area contributed by atoms with Crippen molar-refractivity contribution in [2.24, 2.45) is 0 Å². The molecule has 1 heterocycles. The molecule has 1 atom stereocenters. The van der Waals surface area contributed by atoms with E-state index < -0.39 is 30.3 Å². The maximum Gasteiger partial charge on any atom is 0.416 e. The average molecular weight is 326 g/mol. The molecule has 0 aliphatic rings. The first-order valence-electron chi connectivity index (χ1n) is 6.60.